The number of allylic oxidation sites excluding steroid dienone is 1. The van der Waals surface area contributed by atoms with Crippen molar-refractivity contribution in [2.24, 2.45) is 4.99 Å². The fraction of sp³-hybridized carbons (Fsp3) is 0.0588. The smallest absolute Gasteiger partial charge is 0.335 e. The maximum atomic E-state index is 12.6. The van der Waals surface area contributed by atoms with Gasteiger partial charge in [-0.3, -0.25) is 9.71 Å². The number of aliphatic imine (C=N–C) groups is 1. The highest BCUT2D eigenvalue weighted by atomic mass is 32.2. The van der Waals surface area contributed by atoms with Gasteiger partial charge in [0.25, 0.3) is 10.0 Å². The molecule has 2 aromatic carbocycles. The van der Waals surface area contributed by atoms with E-state index in [-0.39, 0.29) is 16.1 Å². The van der Waals surface area contributed by atoms with E-state index in [1.807, 2.05) is 0 Å². The highest BCUT2D eigenvalue weighted by Crippen LogP contribution is 2.29. The lowest BCUT2D eigenvalue weighted by Gasteiger charge is -2.12. The maximum Gasteiger partial charge on any atom is 0.335 e. The minimum atomic E-state index is -3.88. The van der Waals surface area contributed by atoms with E-state index in [1.165, 1.54) is 42.6 Å². The van der Waals surface area contributed by atoms with Gasteiger partial charge >= 0.3 is 5.97 Å². The monoisotopic (exact) mass is 344 g/mol. The summed E-state index contributed by atoms with van der Waals surface area (Å²) in [7, 11) is -3.88. The Morgan fingerprint density at radius 3 is 2.46 bits per heavy atom. The Morgan fingerprint density at radius 1 is 1.21 bits per heavy atom. The second-order valence-corrected chi connectivity index (χ2v) is 6.57. The SMILES string of the molecule is C=CC=Nc1c(C)cccc1S(=O)(=O)Nc1ccc(C(=O)O)cc1. The molecule has 0 heterocycles. The number of carboxylic acids is 1. The van der Waals surface area contributed by atoms with E-state index in [4.69, 9.17) is 5.11 Å². The first-order chi connectivity index (χ1) is 11.3. The van der Waals surface area contributed by atoms with Crippen molar-refractivity contribution in [2.75, 3.05) is 4.72 Å². The van der Waals surface area contributed by atoms with E-state index in [1.54, 1.807) is 19.1 Å². The first kappa shape index (κ1) is 17.4. The number of carbonyl (C=O) groups is 1. The number of anilines is 1. The van der Waals surface area contributed by atoms with Gasteiger partial charge in [-0.05, 0) is 42.8 Å². The van der Waals surface area contributed by atoms with Crippen LogP contribution in [0.5, 0.6) is 0 Å². The zero-order valence-corrected chi connectivity index (χ0v) is 13.7. The number of nitrogens with one attached hydrogen (secondary N) is 1. The molecule has 0 aliphatic rings. The van der Waals surface area contributed by atoms with Crippen LogP contribution in [0.1, 0.15) is 15.9 Å². The topological polar surface area (TPSA) is 95.8 Å². The molecule has 6 nitrogen and oxygen atoms in total. The Balaban J connectivity index is 2.40. The lowest BCUT2D eigenvalue weighted by Crippen LogP contribution is -2.13. The first-order valence-electron chi connectivity index (χ1n) is 6.96. The summed E-state index contributed by atoms with van der Waals surface area (Å²) in [5, 5.41) is 8.87. The van der Waals surface area contributed by atoms with Crippen LogP contribution >= 0.6 is 0 Å². The molecule has 0 atom stereocenters. The average Bonchev–Trinajstić information content (AvgIpc) is 2.53. The number of rotatable bonds is 6. The molecule has 0 amide bonds. The predicted octanol–water partition coefficient (Wildman–Crippen LogP) is 3.38. The molecule has 0 aliphatic heterocycles. The highest BCUT2D eigenvalue weighted by Gasteiger charge is 2.19. The van der Waals surface area contributed by atoms with Gasteiger partial charge in [-0.15, -0.1) is 0 Å². The zero-order valence-electron chi connectivity index (χ0n) is 12.9. The number of para-hydroxylation sites is 1. The van der Waals surface area contributed by atoms with Gasteiger partial charge in [0.15, 0.2) is 0 Å². The molecule has 24 heavy (non-hydrogen) atoms. The Morgan fingerprint density at radius 2 is 1.88 bits per heavy atom. The summed E-state index contributed by atoms with van der Waals surface area (Å²) < 4.78 is 27.7. The van der Waals surface area contributed by atoms with Gasteiger partial charge in [-0.25, -0.2) is 13.2 Å². The molecule has 0 aliphatic carbocycles. The van der Waals surface area contributed by atoms with Crippen molar-refractivity contribution >= 4 is 33.6 Å². The van der Waals surface area contributed by atoms with Crippen LogP contribution in [0.2, 0.25) is 0 Å². The largest absolute Gasteiger partial charge is 0.478 e. The van der Waals surface area contributed by atoms with Crippen LogP contribution in [0.15, 0.2) is 65.0 Å². The van der Waals surface area contributed by atoms with E-state index >= 15 is 0 Å². The molecular formula is C17H16N2O4S. The van der Waals surface area contributed by atoms with Crippen LogP contribution in [-0.4, -0.2) is 25.7 Å². The van der Waals surface area contributed by atoms with Gasteiger partial charge in [0.05, 0.1) is 11.3 Å². The predicted molar refractivity (Wildman–Crippen MR) is 93.7 cm³/mol. The zero-order chi connectivity index (χ0) is 17.7. The van der Waals surface area contributed by atoms with Crippen LogP contribution in [0.3, 0.4) is 0 Å². The molecular weight excluding hydrogens is 328 g/mol. The molecule has 0 saturated carbocycles. The van der Waals surface area contributed by atoms with Crippen molar-refractivity contribution in [3.8, 4) is 0 Å². The molecule has 0 fully saturated rings. The molecule has 124 valence electrons. The van der Waals surface area contributed by atoms with Gasteiger partial charge in [-0.2, -0.15) is 0 Å². The maximum absolute atomic E-state index is 12.6. The van der Waals surface area contributed by atoms with Gasteiger partial charge in [0.2, 0.25) is 0 Å². The molecule has 0 spiro atoms. The van der Waals surface area contributed by atoms with Crippen molar-refractivity contribution in [1.82, 2.24) is 0 Å². The highest BCUT2D eigenvalue weighted by molar-refractivity contribution is 7.92. The van der Waals surface area contributed by atoms with Crippen molar-refractivity contribution in [2.45, 2.75) is 11.8 Å². The van der Waals surface area contributed by atoms with E-state index in [0.29, 0.717) is 11.3 Å². The van der Waals surface area contributed by atoms with E-state index in [0.717, 1.165) is 0 Å². The fourth-order valence-electron chi connectivity index (χ4n) is 2.03. The van der Waals surface area contributed by atoms with Crippen molar-refractivity contribution < 1.29 is 18.3 Å². The molecule has 2 N–H and O–H groups in total. The van der Waals surface area contributed by atoms with E-state index in [2.05, 4.69) is 16.3 Å². The molecule has 0 bridgehead atoms. The molecule has 7 heteroatoms. The number of hydrogen-bond acceptors (Lipinski definition) is 4. The number of carboxylic acid groups (broad SMARTS) is 1. The van der Waals surface area contributed by atoms with Gasteiger partial charge < -0.3 is 5.11 Å². The summed E-state index contributed by atoms with van der Waals surface area (Å²) in [6.07, 6.45) is 2.88. The standard InChI is InChI=1S/C17H16N2O4S/c1-3-11-18-16-12(2)5-4-6-15(16)24(22,23)19-14-9-7-13(8-10-14)17(20)21/h3-11,19H,1H2,2H3,(H,20,21). The number of sulfonamides is 1. The summed E-state index contributed by atoms with van der Waals surface area (Å²) >= 11 is 0. The molecule has 2 rings (SSSR count). The number of hydrogen-bond donors (Lipinski definition) is 2. The normalized spacial score (nSPS) is 11.4. The molecule has 0 radical (unpaired) electrons. The second kappa shape index (κ2) is 7.10. The summed E-state index contributed by atoms with van der Waals surface area (Å²) in [4.78, 5) is 15.0. The van der Waals surface area contributed by atoms with Crippen LogP contribution in [0.4, 0.5) is 11.4 Å². The Labute approximate surface area is 140 Å². The Hall–Kier alpha value is -2.93. The molecule has 2 aromatic rings. The number of nitrogens with zero attached hydrogens (tertiary/aromatic N) is 1. The molecule has 0 unspecified atom stereocenters. The van der Waals surface area contributed by atoms with Crippen LogP contribution in [-0.2, 0) is 10.0 Å². The fourth-order valence-corrected chi connectivity index (χ4v) is 3.31. The Kier molecular flexibility index (Phi) is 5.15. The lowest BCUT2D eigenvalue weighted by molar-refractivity contribution is 0.0697. The van der Waals surface area contributed by atoms with Gasteiger partial charge in [0, 0.05) is 11.9 Å². The third-order valence-electron chi connectivity index (χ3n) is 3.18. The van der Waals surface area contributed by atoms with Crippen molar-refractivity contribution in [3.05, 3.63) is 66.2 Å². The van der Waals surface area contributed by atoms with Crippen LogP contribution < -0.4 is 4.72 Å². The third kappa shape index (κ3) is 3.88. The third-order valence-corrected chi connectivity index (χ3v) is 4.60. The first-order valence-corrected chi connectivity index (χ1v) is 8.44. The second-order valence-electron chi connectivity index (χ2n) is 4.92. The average molecular weight is 344 g/mol. The quantitative estimate of drug-likeness (QED) is 0.785. The number of aromatic carboxylic acids is 1. The summed E-state index contributed by atoms with van der Waals surface area (Å²) in [5.41, 5.74) is 1.37. The summed E-state index contributed by atoms with van der Waals surface area (Å²) in [6, 6.07) is 10.3. The van der Waals surface area contributed by atoms with E-state index in [9.17, 15) is 13.2 Å². The number of benzene rings is 2. The minimum absolute atomic E-state index is 0.0305. The lowest BCUT2D eigenvalue weighted by atomic mass is 10.2. The van der Waals surface area contributed by atoms with Gasteiger partial charge in [0.1, 0.15) is 4.90 Å². The Bertz CT molecular complexity index is 901. The molecule has 0 saturated heterocycles. The van der Waals surface area contributed by atoms with Crippen LogP contribution in [0, 0.1) is 6.92 Å². The summed E-state index contributed by atoms with van der Waals surface area (Å²) in [6.45, 7) is 5.29. The van der Waals surface area contributed by atoms with Crippen LogP contribution in [0.25, 0.3) is 0 Å². The minimum Gasteiger partial charge on any atom is -0.478 e. The molecule has 0 aromatic heterocycles. The van der Waals surface area contributed by atoms with Gasteiger partial charge in [-0.1, -0.05) is 24.8 Å². The van der Waals surface area contributed by atoms with Crippen molar-refractivity contribution in [3.63, 3.8) is 0 Å². The van der Waals surface area contributed by atoms with E-state index < -0.39 is 16.0 Å². The summed E-state index contributed by atoms with van der Waals surface area (Å²) in [5.74, 6) is -1.08. The number of aryl methyl sites for hydroxylation is 1. The van der Waals surface area contributed by atoms with Crippen molar-refractivity contribution in [1.29, 1.82) is 0 Å².